The zero-order chi connectivity index (χ0) is 6.85. The number of hydrogen-bond acceptors (Lipinski definition) is 3. The largest absolute Gasteiger partial charge is 0.466 e. The smallest absolute Gasteiger partial charge is 0.335 e. The standard InChI is InChI=1S/C6H8O3/c1-4(5-3-9-5)6(7)8-2/h5H,1,3H2,2H3. The number of carbonyl (C=O) groups is 1. The fourth-order valence-corrected chi connectivity index (χ4v) is 0.512. The summed E-state index contributed by atoms with van der Waals surface area (Å²) in [6.45, 7) is 4.09. The molecular weight excluding hydrogens is 120 g/mol. The quantitative estimate of drug-likeness (QED) is 0.301. The highest BCUT2D eigenvalue weighted by Gasteiger charge is 2.30. The van der Waals surface area contributed by atoms with Crippen molar-refractivity contribution in [3.05, 3.63) is 12.2 Å². The lowest BCUT2D eigenvalue weighted by atomic mass is 10.2. The molecule has 1 unspecified atom stereocenters. The number of esters is 1. The molecule has 0 aromatic heterocycles. The first-order valence-corrected chi connectivity index (χ1v) is 2.64. The van der Waals surface area contributed by atoms with E-state index in [2.05, 4.69) is 11.3 Å². The third kappa shape index (κ3) is 1.29. The molecule has 1 aliphatic rings. The summed E-state index contributed by atoms with van der Waals surface area (Å²) in [5, 5.41) is 0. The van der Waals surface area contributed by atoms with E-state index in [9.17, 15) is 4.79 Å². The minimum Gasteiger partial charge on any atom is -0.466 e. The third-order valence-electron chi connectivity index (χ3n) is 1.17. The molecule has 0 N–H and O–H groups in total. The Morgan fingerprint density at radius 1 is 1.89 bits per heavy atom. The highest BCUT2D eigenvalue weighted by Crippen LogP contribution is 2.18. The second-order valence-corrected chi connectivity index (χ2v) is 1.84. The molecule has 0 amide bonds. The number of methoxy groups -OCH3 is 1. The molecule has 1 heterocycles. The van der Waals surface area contributed by atoms with Gasteiger partial charge in [-0.1, -0.05) is 6.58 Å². The van der Waals surface area contributed by atoms with Gasteiger partial charge in [-0.2, -0.15) is 0 Å². The first-order chi connectivity index (χ1) is 4.25. The molecule has 1 rings (SSSR count). The van der Waals surface area contributed by atoms with Crippen LogP contribution in [0.25, 0.3) is 0 Å². The van der Waals surface area contributed by atoms with Crippen molar-refractivity contribution in [3.63, 3.8) is 0 Å². The molecule has 1 aliphatic heterocycles. The molecule has 0 radical (unpaired) electrons. The van der Waals surface area contributed by atoms with E-state index < -0.39 is 0 Å². The van der Waals surface area contributed by atoms with Crippen LogP contribution >= 0.6 is 0 Å². The molecule has 3 nitrogen and oxygen atoms in total. The van der Waals surface area contributed by atoms with Crippen LogP contribution in [-0.2, 0) is 14.3 Å². The molecule has 1 atom stereocenters. The molecule has 0 aromatic carbocycles. The lowest BCUT2D eigenvalue weighted by Crippen LogP contribution is -2.07. The van der Waals surface area contributed by atoms with Gasteiger partial charge >= 0.3 is 5.97 Å². The van der Waals surface area contributed by atoms with Crippen LogP contribution in [0.15, 0.2) is 12.2 Å². The zero-order valence-corrected chi connectivity index (χ0v) is 5.22. The molecule has 50 valence electrons. The van der Waals surface area contributed by atoms with Crippen molar-refractivity contribution >= 4 is 5.97 Å². The number of carbonyl (C=O) groups excluding carboxylic acids is 1. The van der Waals surface area contributed by atoms with Crippen LogP contribution in [0.1, 0.15) is 0 Å². The van der Waals surface area contributed by atoms with Gasteiger partial charge in [-0.15, -0.1) is 0 Å². The van der Waals surface area contributed by atoms with Crippen LogP contribution in [0.5, 0.6) is 0 Å². The van der Waals surface area contributed by atoms with Gasteiger partial charge in [0.1, 0.15) is 6.10 Å². The maximum Gasteiger partial charge on any atom is 0.335 e. The van der Waals surface area contributed by atoms with Gasteiger partial charge in [0, 0.05) is 0 Å². The Balaban J connectivity index is 2.40. The van der Waals surface area contributed by atoms with Crippen molar-refractivity contribution < 1.29 is 14.3 Å². The van der Waals surface area contributed by atoms with E-state index in [0.717, 1.165) is 0 Å². The molecule has 0 aromatic rings. The highest BCUT2D eigenvalue weighted by molar-refractivity contribution is 5.89. The fraction of sp³-hybridized carbons (Fsp3) is 0.500. The molecule has 1 saturated heterocycles. The van der Waals surface area contributed by atoms with Crippen LogP contribution in [0.4, 0.5) is 0 Å². The summed E-state index contributed by atoms with van der Waals surface area (Å²) in [5.41, 5.74) is 0.414. The van der Waals surface area contributed by atoms with Gasteiger partial charge in [0.15, 0.2) is 0 Å². The lowest BCUT2D eigenvalue weighted by Gasteiger charge is -1.95. The molecule has 0 saturated carbocycles. The number of epoxide rings is 1. The van der Waals surface area contributed by atoms with Gasteiger partial charge < -0.3 is 9.47 Å². The maximum absolute atomic E-state index is 10.6. The first kappa shape index (κ1) is 6.29. The number of hydrogen-bond donors (Lipinski definition) is 0. The van der Waals surface area contributed by atoms with E-state index in [1.807, 2.05) is 0 Å². The minimum absolute atomic E-state index is 0.0718. The Kier molecular flexibility index (Phi) is 1.53. The highest BCUT2D eigenvalue weighted by atomic mass is 16.6. The Morgan fingerprint density at radius 2 is 2.44 bits per heavy atom. The van der Waals surface area contributed by atoms with Crippen LogP contribution in [0.2, 0.25) is 0 Å². The summed E-state index contributed by atoms with van der Waals surface area (Å²) in [5.74, 6) is -0.377. The summed E-state index contributed by atoms with van der Waals surface area (Å²) in [4.78, 5) is 10.6. The number of rotatable bonds is 2. The summed E-state index contributed by atoms with van der Waals surface area (Å²) in [7, 11) is 1.33. The van der Waals surface area contributed by atoms with Crippen molar-refractivity contribution in [2.24, 2.45) is 0 Å². The van der Waals surface area contributed by atoms with Gasteiger partial charge in [-0.25, -0.2) is 4.79 Å². The van der Waals surface area contributed by atoms with Crippen molar-refractivity contribution in [1.29, 1.82) is 0 Å². The molecular formula is C6H8O3. The van der Waals surface area contributed by atoms with E-state index in [1.54, 1.807) is 0 Å². The van der Waals surface area contributed by atoms with Gasteiger partial charge in [0.25, 0.3) is 0 Å². The Bertz CT molecular complexity index is 146. The molecule has 9 heavy (non-hydrogen) atoms. The van der Waals surface area contributed by atoms with E-state index >= 15 is 0 Å². The second-order valence-electron chi connectivity index (χ2n) is 1.84. The Morgan fingerprint density at radius 3 is 2.78 bits per heavy atom. The lowest BCUT2D eigenvalue weighted by molar-refractivity contribution is -0.136. The van der Waals surface area contributed by atoms with Gasteiger partial charge in [0.05, 0.1) is 19.3 Å². The first-order valence-electron chi connectivity index (χ1n) is 2.64. The van der Waals surface area contributed by atoms with Crippen LogP contribution < -0.4 is 0 Å². The molecule has 0 spiro atoms. The SMILES string of the molecule is C=C(C(=O)OC)C1CO1. The summed E-state index contributed by atoms with van der Waals surface area (Å²) in [6, 6.07) is 0. The van der Waals surface area contributed by atoms with Crippen LogP contribution in [0, 0.1) is 0 Å². The van der Waals surface area contributed by atoms with E-state index in [-0.39, 0.29) is 12.1 Å². The van der Waals surface area contributed by atoms with E-state index in [1.165, 1.54) is 7.11 Å². The zero-order valence-electron chi connectivity index (χ0n) is 5.22. The molecule has 0 bridgehead atoms. The maximum atomic E-state index is 10.6. The summed E-state index contributed by atoms with van der Waals surface area (Å²) >= 11 is 0. The van der Waals surface area contributed by atoms with Crippen molar-refractivity contribution in [2.45, 2.75) is 6.10 Å². The normalized spacial score (nSPS) is 23.0. The Hall–Kier alpha value is -0.830. The third-order valence-corrected chi connectivity index (χ3v) is 1.17. The molecule has 0 aliphatic carbocycles. The average Bonchev–Trinajstić information content (AvgIpc) is 2.66. The van der Waals surface area contributed by atoms with E-state index in [0.29, 0.717) is 12.2 Å². The summed E-state index contributed by atoms with van der Waals surface area (Å²) < 4.78 is 9.19. The fourth-order valence-electron chi connectivity index (χ4n) is 0.512. The van der Waals surface area contributed by atoms with Crippen LogP contribution in [-0.4, -0.2) is 25.8 Å². The van der Waals surface area contributed by atoms with Crippen molar-refractivity contribution in [1.82, 2.24) is 0 Å². The van der Waals surface area contributed by atoms with Crippen molar-refractivity contribution in [2.75, 3.05) is 13.7 Å². The number of ether oxygens (including phenoxy) is 2. The van der Waals surface area contributed by atoms with Gasteiger partial charge in [-0.05, 0) is 0 Å². The predicted octanol–water partition coefficient (Wildman–Crippen LogP) is 0.114. The topological polar surface area (TPSA) is 38.8 Å². The Labute approximate surface area is 53.3 Å². The molecule has 1 fully saturated rings. The second kappa shape index (κ2) is 2.19. The minimum atomic E-state index is -0.377. The van der Waals surface area contributed by atoms with E-state index in [4.69, 9.17) is 4.74 Å². The molecule has 3 heteroatoms. The van der Waals surface area contributed by atoms with Gasteiger partial charge in [0.2, 0.25) is 0 Å². The van der Waals surface area contributed by atoms with Gasteiger partial charge in [-0.3, -0.25) is 0 Å². The average molecular weight is 128 g/mol. The summed E-state index contributed by atoms with van der Waals surface area (Å²) in [6.07, 6.45) is -0.0718. The van der Waals surface area contributed by atoms with Crippen LogP contribution in [0.3, 0.4) is 0 Å². The monoisotopic (exact) mass is 128 g/mol. The van der Waals surface area contributed by atoms with Crippen molar-refractivity contribution in [3.8, 4) is 0 Å². The predicted molar refractivity (Wildman–Crippen MR) is 30.9 cm³/mol.